The summed E-state index contributed by atoms with van der Waals surface area (Å²) in [4.78, 5) is 21.7. The predicted octanol–water partition coefficient (Wildman–Crippen LogP) is 2.19. The fraction of sp³-hybridized carbons (Fsp3) is 0.417. The third kappa shape index (κ3) is 4.29. The summed E-state index contributed by atoms with van der Waals surface area (Å²) in [6.45, 7) is 1.97. The molecular weight excluding hydrogens is 253 g/mol. The van der Waals surface area contributed by atoms with Crippen LogP contribution in [0.3, 0.4) is 0 Å². The highest BCUT2D eigenvalue weighted by molar-refractivity contribution is 5.96. The Bertz CT molecular complexity index is 479. The van der Waals surface area contributed by atoms with Crippen molar-refractivity contribution in [3.63, 3.8) is 0 Å². The number of carbonyl (C=O) groups is 1. The number of anilines is 1. The first-order valence-electron chi connectivity index (χ1n) is 5.96. The van der Waals surface area contributed by atoms with E-state index in [-0.39, 0.29) is 5.69 Å². The zero-order valence-corrected chi connectivity index (χ0v) is 10.6. The number of benzene rings is 1. The van der Waals surface area contributed by atoms with Crippen LogP contribution in [0, 0.1) is 15.9 Å². The summed E-state index contributed by atoms with van der Waals surface area (Å²) in [5.74, 6) is -1.25. The van der Waals surface area contributed by atoms with E-state index in [0.717, 1.165) is 31.0 Å². The molecule has 0 heterocycles. The SMILES string of the molecule is CCCC[C@H](N)C(=O)Nc1ccc(F)cc1[N+](=O)[O-]. The largest absolute Gasteiger partial charge is 0.320 e. The van der Waals surface area contributed by atoms with Crippen LogP contribution in [0.2, 0.25) is 0 Å². The van der Waals surface area contributed by atoms with Crippen molar-refractivity contribution in [3.8, 4) is 0 Å². The molecule has 0 spiro atoms. The minimum absolute atomic E-state index is 0.0525. The maximum atomic E-state index is 12.9. The van der Waals surface area contributed by atoms with Gasteiger partial charge in [-0.2, -0.15) is 0 Å². The molecule has 1 aromatic rings. The lowest BCUT2D eigenvalue weighted by Crippen LogP contribution is -2.35. The van der Waals surface area contributed by atoms with Crippen molar-refractivity contribution >= 4 is 17.3 Å². The van der Waals surface area contributed by atoms with E-state index in [1.807, 2.05) is 6.92 Å². The second-order valence-electron chi connectivity index (χ2n) is 4.16. The third-order valence-corrected chi connectivity index (χ3v) is 2.62. The molecule has 0 aromatic heterocycles. The second-order valence-corrected chi connectivity index (χ2v) is 4.16. The van der Waals surface area contributed by atoms with Crippen LogP contribution in [0.15, 0.2) is 18.2 Å². The van der Waals surface area contributed by atoms with Crippen LogP contribution in [0.4, 0.5) is 15.8 Å². The summed E-state index contributed by atoms with van der Waals surface area (Å²) in [5, 5.41) is 13.1. The number of nitrogens with zero attached hydrogens (tertiary/aromatic N) is 1. The number of nitrogens with two attached hydrogens (primary N) is 1. The first kappa shape index (κ1) is 15.0. The number of unbranched alkanes of at least 4 members (excludes halogenated alkanes) is 1. The van der Waals surface area contributed by atoms with Crippen molar-refractivity contribution in [1.29, 1.82) is 0 Å². The zero-order valence-electron chi connectivity index (χ0n) is 10.6. The van der Waals surface area contributed by atoms with Gasteiger partial charge in [0.05, 0.1) is 17.0 Å². The van der Waals surface area contributed by atoms with Gasteiger partial charge >= 0.3 is 0 Å². The molecule has 0 bridgehead atoms. The van der Waals surface area contributed by atoms with Crippen molar-refractivity contribution in [3.05, 3.63) is 34.1 Å². The quantitative estimate of drug-likeness (QED) is 0.610. The van der Waals surface area contributed by atoms with Gasteiger partial charge in [-0.25, -0.2) is 4.39 Å². The molecule has 6 nitrogen and oxygen atoms in total. The normalized spacial score (nSPS) is 11.9. The molecule has 0 fully saturated rings. The van der Waals surface area contributed by atoms with Crippen molar-refractivity contribution < 1.29 is 14.1 Å². The summed E-state index contributed by atoms with van der Waals surface area (Å²) in [7, 11) is 0. The number of halogens is 1. The molecule has 1 amide bonds. The van der Waals surface area contributed by atoms with Crippen LogP contribution in [0.25, 0.3) is 0 Å². The summed E-state index contributed by atoms with van der Waals surface area (Å²) in [6.07, 6.45) is 2.19. The number of hydrogen-bond acceptors (Lipinski definition) is 4. The van der Waals surface area contributed by atoms with E-state index < -0.39 is 28.4 Å². The van der Waals surface area contributed by atoms with Crippen LogP contribution in [0.1, 0.15) is 26.2 Å². The van der Waals surface area contributed by atoms with Crippen LogP contribution < -0.4 is 11.1 Å². The summed E-state index contributed by atoms with van der Waals surface area (Å²) in [6, 6.07) is 2.22. The van der Waals surface area contributed by atoms with E-state index in [1.54, 1.807) is 0 Å². The van der Waals surface area contributed by atoms with Gasteiger partial charge in [-0.3, -0.25) is 14.9 Å². The summed E-state index contributed by atoms with van der Waals surface area (Å²) >= 11 is 0. The van der Waals surface area contributed by atoms with Crippen LogP contribution in [-0.2, 0) is 4.79 Å². The van der Waals surface area contributed by atoms with Gasteiger partial charge in [-0.05, 0) is 18.6 Å². The molecule has 0 radical (unpaired) electrons. The number of nitro groups is 1. The average Bonchev–Trinajstić information content (AvgIpc) is 2.37. The molecule has 1 atom stereocenters. The van der Waals surface area contributed by atoms with E-state index in [0.29, 0.717) is 6.42 Å². The Labute approximate surface area is 109 Å². The van der Waals surface area contributed by atoms with Gasteiger partial charge in [0.25, 0.3) is 5.69 Å². The Hall–Kier alpha value is -2.02. The maximum absolute atomic E-state index is 12.9. The van der Waals surface area contributed by atoms with E-state index in [9.17, 15) is 19.3 Å². The smallest absolute Gasteiger partial charge is 0.295 e. The molecule has 0 unspecified atom stereocenters. The van der Waals surface area contributed by atoms with Crippen LogP contribution >= 0.6 is 0 Å². The van der Waals surface area contributed by atoms with Gasteiger partial charge in [0.15, 0.2) is 0 Å². The monoisotopic (exact) mass is 269 g/mol. The fourth-order valence-electron chi connectivity index (χ4n) is 1.54. The highest BCUT2D eigenvalue weighted by Gasteiger charge is 2.19. The number of carbonyl (C=O) groups excluding carboxylic acids is 1. The lowest BCUT2D eigenvalue weighted by atomic mass is 10.1. The molecular formula is C12H16FN3O3. The number of hydrogen-bond donors (Lipinski definition) is 2. The minimum atomic E-state index is -0.754. The second kappa shape index (κ2) is 6.79. The van der Waals surface area contributed by atoms with Crippen molar-refractivity contribution in [2.24, 2.45) is 5.73 Å². The molecule has 7 heteroatoms. The van der Waals surface area contributed by atoms with Crippen molar-refractivity contribution in [2.45, 2.75) is 32.2 Å². The summed E-state index contributed by atoms with van der Waals surface area (Å²) in [5.41, 5.74) is 5.11. The van der Waals surface area contributed by atoms with Gasteiger partial charge < -0.3 is 11.1 Å². The van der Waals surface area contributed by atoms with Gasteiger partial charge in [-0.1, -0.05) is 19.8 Å². The molecule has 0 aliphatic heterocycles. The summed E-state index contributed by atoms with van der Waals surface area (Å²) < 4.78 is 12.9. The number of nitrogens with one attached hydrogen (secondary N) is 1. The number of nitro benzene ring substituents is 1. The number of rotatable bonds is 6. The lowest BCUT2D eigenvalue weighted by molar-refractivity contribution is -0.384. The van der Waals surface area contributed by atoms with Gasteiger partial charge in [0, 0.05) is 0 Å². The maximum Gasteiger partial charge on any atom is 0.295 e. The first-order chi connectivity index (χ1) is 8.95. The average molecular weight is 269 g/mol. The lowest BCUT2D eigenvalue weighted by Gasteiger charge is -2.11. The molecule has 1 aromatic carbocycles. The minimum Gasteiger partial charge on any atom is -0.320 e. The Morgan fingerprint density at radius 1 is 1.58 bits per heavy atom. The van der Waals surface area contributed by atoms with Crippen molar-refractivity contribution in [1.82, 2.24) is 0 Å². The molecule has 0 saturated carbocycles. The zero-order chi connectivity index (χ0) is 14.4. The topological polar surface area (TPSA) is 98.3 Å². The Kier molecular flexibility index (Phi) is 5.37. The molecule has 0 aliphatic rings. The Balaban J connectivity index is 2.81. The first-order valence-corrected chi connectivity index (χ1v) is 5.96. The van der Waals surface area contributed by atoms with Gasteiger partial charge in [0.1, 0.15) is 11.5 Å². The highest BCUT2D eigenvalue weighted by Crippen LogP contribution is 2.25. The Morgan fingerprint density at radius 2 is 2.26 bits per heavy atom. The van der Waals surface area contributed by atoms with Crippen molar-refractivity contribution in [2.75, 3.05) is 5.32 Å². The van der Waals surface area contributed by atoms with Gasteiger partial charge in [0.2, 0.25) is 5.91 Å². The fourth-order valence-corrected chi connectivity index (χ4v) is 1.54. The van der Waals surface area contributed by atoms with E-state index >= 15 is 0 Å². The molecule has 1 rings (SSSR count). The molecule has 104 valence electrons. The highest BCUT2D eigenvalue weighted by atomic mass is 19.1. The molecule has 19 heavy (non-hydrogen) atoms. The molecule has 0 aliphatic carbocycles. The number of amides is 1. The van der Waals surface area contributed by atoms with E-state index in [2.05, 4.69) is 5.32 Å². The molecule has 3 N–H and O–H groups in total. The predicted molar refractivity (Wildman–Crippen MR) is 69.2 cm³/mol. The van der Waals surface area contributed by atoms with Crippen LogP contribution in [0.5, 0.6) is 0 Å². The molecule has 0 saturated heterocycles. The van der Waals surface area contributed by atoms with E-state index in [1.165, 1.54) is 0 Å². The standard InChI is InChI=1S/C12H16FN3O3/c1-2-3-4-9(14)12(17)15-10-6-5-8(13)7-11(10)16(18)19/h5-7,9H,2-4,14H2,1H3,(H,15,17)/t9-/m0/s1. The van der Waals surface area contributed by atoms with Crippen LogP contribution in [-0.4, -0.2) is 16.9 Å². The third-order valence-electron chi connectivity index (χ3n) is 2.62. The van der Waals surface area contributed by atoms with Gasteiger partial charge in [-0.15, -0.1) is 0 Å². The Morgan fingerprint density at radius 3 is 2.84 bits per heavy atom. The van der Waals surface area contributed by atoms with E-state index in [4.69, 9.17) is 5.73 Å².